The van der Waals surface area contributed by atoms with Crippen LogP contribution in [-0.4, -0.2) is 22.2 Å². The molecule has 0 atom stereocenters. The van der Waals surface area contributed by atoms with Gasteiger partial charge in [0.15, 0.2) is 0 Å². The molecule has 2 heterocycles. The number of aryl methyl sites for hydroxylation is 1. The molecule has 4 nitrogen and oxygen atoms in total. The average Bonchev–Trinajstić information content (AvgIpc) is 2.88. The molecule has 0 aliphatic rings. The molecule has 2 rings (SSSR count). The standard InChI is InChI=1S/C11H12BrN3OS/c1-15-6-8(5-14-15)2-3-13-11(16)9-4-10(12)17-7-9/h4-7H,2-3H2,1H3,(H,13,16). The quantitative estimate of drug-likeness (QED) is 0.940. The largest absolute Gasteiger partial charge is 0.352 e. The molecule has 17 heavy (non-hydrogen) atoms. The summed E-state index contributed by atoms with van der Waals surface area (Å²) in [5.41, 5.74) is 1.83. The summed E-state index contributed by atoms with van der Waals surface area (Å²) < 4.78 is 2.72. The third-order valence-electron chi connectivity index (χ3n) is 2.29. The minimum absolute atomic E-state index is 0.0316. The van der Waals surface area contributed by atoms with Crippen molar-refractivity contribution in [1.82, 2.24) is 15.1 Å². The lowest BCUT2D eigenvalue weighted by Crippen LogP contribution is -2.25. The lowest BCUT2D eigenvalue weighted by atomic mass is 10.2. The first-order chi connectivity index (χ1) is 8.15. The van der Waals surface area contributed by atoms with Gasteiger partial charge in [-0.1, -0.05) is 0 Å². The highest BCUT2D eigenvalue weighted by atomic mass is 79.9. The van der Waals surface area contributed by atoms with Gasteiger partial charge in [0.2, 0.25) is 0 Å². The minimum atomic E-state index is -0.0316. The third-order valence-corrected chi connectivity index (χ3v) is 3.79. The predicted molar refractivity (Wildman–Crippen MR) is 71.3 cm³/mol. The van der Waals surface area contributed by atoms with Crippen LogP contribution in [0.5, 0.6) is 0 Å². The molecular weight excluding hydrogens is 302 g/mol. The molecule has 0 radical (unpaired) electrons. The van der Waals surface area contributed by atoms with Gasteiger partial charge in [-0.25, -0.2) is 0 Å². The van der Waals surface area contributed by atoms with E-state index in [0.29, 0.717) is 12.1 Å². The second-order valence-corrected chi connectivity index (χ2v) is 5.96. The first-order valence-electron chi connectivity index (χ1n) is 5.15. The van der Waals surface area contributed by atoms with Gasteiger partial charge in [-0.2, -0.15) is 5.10 Å². The molecule has 0 spiro atoms. The van der Waals surface area contributed by atoms with Crippen molar-refractivity contribution >= 4 is 33.2 Å². The highest BCUT2D eigenvalue weighted by molar-refractivity contribution is 9.11. The van der Waals surface area contributed by atoms with Crippen LogP contribution in [0.2, 0.25) is 0 Å². The average molecular weight is 314 g/mol. The van der Waals surface area contributed by atoms with Crippen molar-refractivity contribution in [3.63, 3.8) is 0 Å². The number of carbonyl (C=O) groups excluding carboxylic acids is 1. The molecule has 0 aliphatic carbocycles. The monoisotopic (exact) mass is 313 g/mol. The fraction of sp³-hybridized carbons (Fsp3) is 0.273. The van der Waals surface area contributed by atoms with Crippen LogP contribution >= 0.6 is 27.3 Å². The summed E-state index contributed by atoms with van der Waals surface area (Å²) in [5.74, 6) is -0.0316. The number of rotatable bonds is 4. The van der Waals surface area contributed by atoms with Gasteiger partial charge in [0.25, 0.3) is 5.91 Å². The molecular formula is C11H12BrN3OS. The van der Waals surface area contributed by atoms with Crippen LogP contribution in [0, 0.1) is 0 Å². The van der Waals surface area contributed by atoms with Crippen LogP contribution in [0.3, 0.4) is 0 Å². The smallest absolute Gasteiger partial charge is 0.252 e. The van der Waals surface area contributed by atoms with Gasteiger partial charge in [-0.05, 0) is 34.0 Å². The second-order valence-electron chi connectivity index (χ2n) is 3.67. The summed E-state index contributed by atoms with van der Waals surface area (Å²) in [7, 11) is 1.88. The number of halogens is 1. The van der Waals surface area contributed by atoms with E-state index in [-0.39, 0.29) is 5.91 Å². The zero-order valence-corrected chi connectivity index (χ0v) is 11.7. The van der Waals surface area contributed by atoms with E-state index >= 15 is 0 Å². The van der Waals surface area contributed by atoms with Crippen molar-refractivity contribution in [2.24, 2.45) is 7.05 Å². The molecule has 6 heteroatoms. The zero-order chi connectivity index (χ0) is 12.3. The van der Waals surface area contributed by atoms with E-state index in [0.717, 1.165) is 15.8 Å². The number of carbonyl (C=O) groups is 1. The summed E-state index contributed by atoms with van der Waals surface area (Å²) in [6.07, 6.45) is 4.56. The van der Waals surface area contributed by atoms with Gasteiger partial charge in [-0.15, -0.1) is 11.3 Å². The van der Waals surface area contributed by atoms with Crippen molar-refractivity contribution in [3.05, 3.63) is 38.8 Å². The molecule has 0 aliphatic heterocycles. The Morgan fingerprint density at radius 2 is 2.47 bits per heavy atom. The highest BCUT2D eigenvalue weighted by Gasteiger charge is 2.07. The Balaban J connectivity index is 1.81. The Labute approximate surface area is 112 Å². The van der Waals surface area contributed by atoms with Gasteiger partial charge >= 0.3 is 0 Å². The van der Waals surface area contributed by atoms with Crippen molar-refractivity contribution in [2.75, 3.05) is 6.54 Å². The first kappa shape index (κ1) is 12.3. The summed E-state index contributed by atoms with van der Waals surface area (Å²) >= 11 is 4.84. The Bertz CT molecular complexity index is 520. The highest BCUT2D eigenvalue weighted by Crippen LogP contribution is 2.20. The molecule has 0 saturated carbocycles. The van der Waals surface area contributed by atoms with Crippen LogP contribution in [-0.2, 0) is 13.5 Å². The van der Waals surface area contributed by atoms with E-state index in [4.69, 9.17) is 0 Å². The zero-order valence-electron chi connectivity index (χ0n) is 9.31. The summed E-state index contributed by atoms with van der Waals surface area (Å²) in [6, 6.07) is 1.82. The fourth-order valence-corrected chi connectivity index (χ4v) is 2.59. The lowest BCUT2D eigenvalue weighted by molar-refractivity contribution is 0.0954. The van der Waals surface area contributed by atoms with Gasteiger partial charge in [0.05, 0.1) is 15.5 Å². The molecule has 2 aromatic rings. The Morgan fingerprint density at radius 3 is 3.06 bits per heavy atom. The maximum Gasteiger partial charge on any atom is 0.252 e. The van der Waals surface area contributed by atoms with Crippen molar-refractivity contribution in [1.29, 1.82) is 0 Å². The number of thiophene rings is 1. The van der Waals surface area contributed by atoms with Crippen LogP contribution in [0.4, 0.5) is 0 Å². The molecule has 0 unspecified atom stereocenters. The number of amides is 1. The van der Waals surface area contributed by atoms with Gasteiger partial charge < -0.3 is 5.32 Å². The van der Waals surface area contributed by atoms with E-state index in [1.165, 1.54) is 11.3 Å². The molecule has 0 bridgehead atoms. The normalized spacial score (nSPS) is 10.5. The second kappa shape index (κ2) is 5.46. The van der Waals surface area contributed by atoms with Crippen LogP contribution in [0.25, 0.3) is 0 Å². The van der Waals surface area contributed by atoms with Gasteiger partial charge in [0.1, 0.15) is 0 Å². The Morgan fingerprint density at radius 1 is 1.65 bits per heavy atom. The summed E-state index contributed by atoms with van der Waals surface area (Å²) in [5, 5.41) is 8.79. The van der Waals surface area contributed by atoms with Crippen molar-refractivity contribution in [3.8, 4) is 0 Å². The molecule has 1 N–H and O–H groups in total. The number of nitrogens with one attached hydrogen (secondary N) is 1. The first-order valence-corrected chi connectivity index (χ1v) is 6.82. The topological polar surface area (TPSA) is 46.9 Å². The molecule has 0 fully saturated rings. The Kier molecular flexibility index (Phi) is 3.96. The van der Waals surface area contributed by atoms with Crippen molar-refractivity contribution in [2.45, 2.75) is 6.42 Å². The van der Waals surface area contributed by atoms with E-state index in [9.17, 15) is 4.79 Å². The van der Waals surface area contributed by atoms with Crippen LogP contribution in [0.15, 0.2) is 27.6 Å². The summed E-state index contributed by atoms with van der Waals surface area (Å²) in [6.45, 7) is 0.623. The van der Waals surface area contributed by atoms with Crippen LogP contribution in [0.1, 0.15) is 15.9 Å². The molecule has 0 saturated heterocycles. The Hall–Kier alpha value is -1.14. The van der Waals surface area contributed by atoms with E-state index in [1.807, 2.05) is 30.9 Å². The molecule has 0 aromatic carbocycles. The summed E-state index contributed by atoms with van der Waals surface area (Å²) in [4.78, 5) is 11.7. The van der Waals surface area contributed by atoms with Gasteiger partial charge in [0, 0.05) is 25.2 Å². The third kappa shape index (κ3) is 3.41. The maximum atomic E-state index is 11.7. The molecule has 1 amide bonds. The number of aromatic nitrogens is 2. The molecule has 2 aromatic heterocycles. The minimum Gasteiger partial charge on any atom is -0.352 e. The fourth-order valence-electron chi connectivity index (χ4n) is 1.45. The SMILES string of the molecule is Cn1cc(CCNC(=O)c2csc(Br)c2)cn1. The van der Waals surface area contributed by atoms with E-state index in [1.54, 1.807) is 4.68 Å². The molecule has 90 valence electrons. The van der Waals surface area contributed by atoms with Gasteiger partial charge in [-0.3, -0.25) is 9.48 Å². The van der Waals surface area contributed by atoms with Crippen molar-refractivity contribution < 1.29 is 4.79 Å². The predicted octanol–water partition coefficient (Wildman–Crippen LogP) is 2.22. The number of nitrogens with zero attached hydrogens (tertiary/aromatic N) is 2. The lowest BCUT2D eigenvalue weighted by Gasteiger charge is -2.01. The van der Waals surface area contributed by atoms with E-state index < -0.39 is 0 Å². The number of hydrogen-bond donors (Lipinski definition) is 1. The number of hydrogen-bond acceptors (Lipinski definition) is 3. The van der Waals surface area contributed by atoms with Crippen LogP contribution < -0.4 is 5.32 Å². The van der Waals surface area contributed by atoms with E-state index in [2.05, 4.69) is 26.3 Å². The maximum absolute atomic E-state index is 11.7.